The Morgan fingerprint density at radius 1 is 1.32 bits per heavy atom. The van der Waals surface area contributed by atoms with E-state index < -0.39 is 0 Å². The Bertz CT molecular complexity index is 971. The molecule has 0 fully saturated rings. The van der Waals surface area contributed by atoms with Crippen molar-refractivity contribution in [2.75, 3.05) is 26.1 Å². The molecule has 1 N–H and O–H groups in total. The van der Waals surface area contributed by atoms with Crippen molar-refractivity contribution in [1.29, 1.82) is 0 Å². The second-order valence-corrected chi connectivity index (χ2v) is 7.50. The van der Waals surface area contributed by atoms with Crippen LogP contribution in [0, 0.1) is 0 Å². The van der Waals surface area contributed by atoms with Gasteiger partial charge in [-0.05, 0) is 48.6 Å². The molecule has 0 atom stereocenters. The van der Waals surface area contributed by atoms with E-state index in [2.05, 4.69) is 10.3 Å². The summed E-state index contributed by atoms with van der Waals surface area (Å²) in [5.41, 5.74) is 2.70. The van der Waals surface area contributed by atoms with E-state index in [4.69, 9.17) is 9.47 Å². The quantitative estimate of drug-likeness (QED) is 0.653. The molecule has 0 bridgehead atoms. The molecule has 0 radical (unpaired) electrons. The van der Waals surface area contributed by atoms with Crippen LogP contribution in [0.25, 0.3) is 6.08 Å². The molecule has 1 aliphatic heterocycles. The number of hydrogen-bond acceptors (Lipinski definition) is 5. The predicted molar refractivity (Wildman–Crippen MR) is 120 cm³/mol. The number of fused-ring (bicyclic) bond motifs is 1. The molecule has 164 valence electrons. The van der Waals surface area contributed by atoms with Gasteiger partial charge in [0.1, 0.15) is 5.82 Å². The fourth-order valence-corrected chi connectivity index (χ4v) is 3.40. The summed E-state index contributed by atoms with van der Waals surface area (Å²) in [4.78, 5) is 30.3. The molecule has 2 aromatic rings. The Balaban J connectivity index is 1.69. The standard InChI is InChI=1S/C24H29N3O4/c1-4-13-31-23-19(8-5-9-20(23)30-3)16-27(2)22(29)12-11-17-14-18-7-6-10-21(28)26-24(18)25-15-17/h5,8-9,11-12,14-15H,4,6-7,10,13,16H2,1-3H3,(H,25,26,28). The fourth-order valence-electron chi connectivity index (χ4n) is 3.40. The first kappa shape index (κ1) is 22.3. The number of amides is 2. The Labute approximate surface area is 183 Å². The predicted octanol–water partition coefficient (Wildman–Crippen LogP) is 3.83. The number of anilines is 1. The third kappa shape index (κ3) is 5.84. The molecular formula is C24H29N3O4. The van der Waals surface area contributed by atoms with E-state index in [0.717, 1.165) is 36.0 Å². The van der Waals surface area contributed by atoms with Crippen LogP contribution in [0.2, 0.25) is 0 Å². The number of aryl methyl sites for hydroxylation is 1. The topological polar surface area (TPSA) is 80.8 Å². The highest BCUT2D eigenvalue weighted by Gasteiger charge is 2.16. The third-order valence-electron chi connectivity index (χ3n) is 5.03. The third-order valence-corrected chi connectivity index (χ3v) is 5.03. The largest absolute Gasteiger partial charge is 0.493 e. The van der Waals surface area contributed by atoms with E-state index in [1.54, 1.807) is 31.3 Å². The first-order chi connectivity index (χ1) is 15.0. The molecule has 1 aromatic heterocycles. The molecule has 0 saturated heterocycles. The van der Waals surface area contributed by atoms with E-state index in [1.807, 2.05) is 31.2 Å². The summed E-state index contributed by atoms with van der Waals surface area (Å²) in [5, 5.41) is 2.82. The zero-order valence-electron chi connectivity index (χ0n) is 18.3. The van der Waals surface area contributed by atoms with Crippen molar-refractivity contribution in [3.8, 4) is 11.5 Å². The number of nitrogens with one attached hydrogen (secondary N) is 1. The number of likely N-dealkylation sites (N-methyl/N-ethyl adjacent to an activating group) is 1. The van der Waals surface area contributed by atoms with Crippen LogP contribution in [0.1, 0.15) is 42.9 Å². The van der Waals surface area contributed by atoms with E-state index in [1.165, 1.54) is 6.08 Å². The minimum absolute atomic E-state index is 0.00817. The second-order valence-electron chi connectivity index (χ2n) is 7.50. The first-order valence-electron chi connectivity index (χ1n) is 10.5. The number of carbonyl (C=O) groups is 2. The second kappa shape index (κ2) is 10.6. The van der Waals surface area contributed by atoms with Gasteiger partial charge in [0.15, 0.2) is 11.5 Å². The van der Waals surface area contributed by atoms with Crippen LogP contribution >= 0.6 is 0 Å². The number of para-hydroxylation sites is 1. The molecule has 7 heteroatoms. The summed E-state index contributed by atoms with van der Waals surface area (Å²) in [5.74, 6) is 1.80. The van der Waals surface area contributed by atoms with Crippen LogP contribution in [-0.4, -0.2) is 42.5 Å². The van der Waals surface area contributed by atoms with Crippen LogP contribution in [0.4, 0.5) is 5.82 Å². The zero-order valence-corrected chi connectivity index (χ0v) is 18.3. The molecule has 0 saturated carbocycles. The van der Waals surface area contributed by atoms with Crippen molar-refractivity contribution in [3.63, 3.8) is 0 Å². The SMILES string of the molecule is CCCOc1c(CN(C)C(=O)C=Cc2cnc3c(c2)CCCC(=O)N3)cccc1OC. The van der Waals surface area contributed by atoms with Crippen molar-refractivity contribution in [2.45, 2.75) is 39.2 Å². The Morgan fingerprint density at radius 3 is 2.94 bits per heavy atom. The fraction of sp³-hybridized carbons (Fsp3) is 0.375. The summed E-state index contributed by atoms with van der Waals surface area (Å²) in [7, 11) is 3.36. The number of ether oxygens (including phenoxy) is 2. The van der Waals surface area contributed by atoms with Gasteiger partial charge in [-0.25, -0.2) is 4.98 Å². The van der Waals surface area contributed by atoms with E-state index in [9.17, 15) is 9.59 Å². The number of nitrogens with zero attached hydrogens (tertiary/aromatic N) is 2. The summed E-state index contributed by atoms with van der Waals surface area (Å²) in [6.07, 6.45) is 7.90. The van der Waals surface area contributed by atoms with Crippen LogP contribution in [-0.2, 0) is 22.6 Å². The maximum atomic E-state index is 12.7. The molecule has 0 aliphatic carbocycles. The van der Waals surface area contributed by atoms with Gasteiger partial charge in [-0.15, -0.1) is 0 Å². The van der Waals surface area contributed by atoms with Gasteiger partial charge in [-0.1, -0.05) is 19.1 Å². The Kier molecular flexibility index (Phi) is 7.65. The Morgan fingerprint density at radius 2 is 2.16 bits per heavy atom. The molecule has 7 nitrogen and oxygen atoms in total. The highest BCUT2D eigenvalue weighted by Crippen LogP contribution is 2.32. The number of rotatable bonds is 8. The van der Waals surface area contributed by atoms with Gasteiger partial charge in [0, 0.05) is 37.8 Å². The molecule has 1 aromatic carbocycles. The maximum Gasteiger partial charge on any atom is 0.246 e. The van der Waals surface area contributed by atoms with E-state index in [-0.39, 0.29) is 11.8 Å². The lowest BCUT2D eigenvalue weighted by Crippen LogP contribution is -2.24. The van der Waals surface area contributed by atoms with Gasteiger partial charge in [-0.3, -0.25) is 9.59 Å². The minimum atomic E-state index is -0.132. The average Bonchev–Trinajstić information content (AvgIpc) is 2.96. The van der Waals surface area contributed by atoms with Crippen molar-refractivity contribution in [3.05, 3.63) is 53.2 Å². The molecule has 3 rings (SSSR count). The lowest BCUT2D eigenvalue weighted by atomic mass is 10.1. The van der Waals surface area contributed by atoms with Gasteiger partial charge in [0.2, 0.25) is 11.8 Å². The van der Waals surface area contributed by atoms with Gasteiger partial charge in [0.25, 0.3) is 0 Å². The van der Waals surface area contributed by atoms with Crippen molar-refractivity contribution in [1.82, 2.24) is 9.88 Å². The van der Waals surface area contributed by atoms with Gasteiger partial charge < -0.3 is 19.7 Å². The molecule has 2 amide bonds. The summed E-state index contributed by atoms with van der Waals surface area (Å²) in [6, 6.07) is 7.65. The number of methoxy groups -OCH3 is 1. The van der Waals surface area contributed by atoms with Gasteiger partial charge in [-0.2, -0.15) is 0 Å². The van der Waals surface area contributed by atoms with Gasteiger partial charge >= 0.3 is 0 Å². The number of hydrogen-bond donors (Lipinski definition) is 1. The van der Waals surface area contributed by atoms with Crippen molar-refractivity contribution in [2.24, 2.45) is 0 Å². The zero-order chi connectivity index (χ0) is 22.2. The number of benzene rings is 1. The highest BCUT2D eigenvalue weighted by atomic mass is 16.5. The molecule has 1 aliphatic rings. The number of aromatic nitrogens is 1. The molecule has 31 heavy (non-hydrogen) atoms. The van der Waals surface area contributed by atoms with Crippen LogP contribution in [0.5, 0.6) is 11.5 Å². The van der Waals surface area contributed by atoms with Crippen LogP contribution in [0.15, 0.2) is 36.5 Å². The Hall–Kier alpha value is -3.35. The van der Waals surface area contributed by atoms with Crippen molar-refractivity contribution >= 4 is 23.7 Å². The smallest absolute Gasteiger partial charge is 0.246 e. The monoisotopic (exact) mass is 423 g/mol. The van der Waals surface area contributed by atoms with Crippen molar-refractivity contribution < 1.29 is 19.1 Å². The minimum Gasteiger partial charge on any atom is -0.493 e. The lowest BCUT2D eigenvalue weighted by Gasteiger charge is -2.19. The van der Waals surface area contributed by atoms with Crippen LogP contribution in [0.3, 0.4) is 0 Å². The summed E-state index contributed by atoms with van der Waals surface area (Å²) < 4.78 is 11.3. The average molecular weight is 424 g/mol. The summed E-state index contributed by atoms with van der Waals surface area (Å²) in [6.45, 7) is 3.02. The lowest BCUT2D eigenvalue weighted by molar-refractivity contribution is -0.125. The molecule has 0 unspecified atom stereocenters. The highest BCUT2D eigenvalue weighted by molar-refractivity contribution is 5.92. The number of carbonyl (C=O) groups excluding carboxylic acids is 2. The molecule has 0 spiro atoms. The maximum absolute atomic E-state index is 12.7. The van der Waals surface area contributed by atoms with Gasteiger partial charge in [0.05, 0.1) is 13.7 Å². The normalized spacial score (nSPS) is 13.3. The summed E-state index contributed by atoms with van der Waals surface area (Å²) >= 11 is 0. The van der Waals surface area contributed by atoms with Crippen LogP contribution < -0.4 is 14.8 Å². The molecule has 2 heterocycles. The van der Waals surface area contributed by atoms with E-state index in [0.29, 0.717) is 36.9 Å². The van der Waals surface area contributed by atoms with E-state index >= 15 is 0 Å². The molecular weight excluding hydrogens is 394 g/mol. The first-order valence-corrected chi connectivity index (χ1v) is 10.5. The number of pyridine rings is 1.